The van der Waals surface area contributed by atoms with Crippen LogP contribution in [-0.2, 0) is 4.79 Å². The number of hydrogen-bond donors (Lipinski definition) is 3. The van der Waals surface area contributed by atoms with E-state index in [2.05, 4.69) is 22.5 Å². The van der Waals surface area contributed by atoms with Gasteiger partial charge in [-0.3, -0.25) is 9.59 Å². The van der Waals surface area contributed by atoms with Gasteiger partial charge in [-0.05, 0) is 56.2 Å². The molecule has 5 rings (SSSR count). The molecule has 1 heterocycles. The molecule has 0 saturated heterocycles. The Balaban J connectivity index is 1.34. The first-order chi connectivity index (χ1) is 14.3. The van der Waals surface area contributed by atoms with Gasteiger partial charge in [-0.1, -0.05) is 18.5 Å². The predicted molar refractivity (Wildman–Crippen MR) is 111 cm³/mol. The van der Waals surface area contributed by atoms with Gasteiger partial charge in [0.15, 0.2) is 6.61 Å². The van der Waals surface area contributed by atoms with Gasteiger partial charge in [0.05, 0.1) is 10.6 Å². The molecular formula is C22H25ClFN3O3. The predicted octanol–water partition coefficient (Wildman–Crippen LogP) is 3.82. The van der Waals surface area contributed by atoms with Crippen LogP contribution in [0, 0.1) is 11.7 Å². The van der Waals surface area contributed by atoms with Crippen molar-refractivity contribution in [3.63, 3.8) is 0 Å². The molecule has 1 aromatic heterocycles. The Bertz CT molecular complexity index is 939. The van der Waals surface area contributed by atoms with E-state index in [1.54, 1.807) is 18.5 Å². The summed E-state index contributed by atoms with van der Waals surface area (Å²) in [4.78, 5) is 28.0. The molecule has 8 heteroatoms. The molecule has 1 atom stereocenters. The first-order valence-corrected chi connectivity index (χ1v) is 10.5. The second-order valence-electron chi connectivity index (χ2n) is 8.51. The highest BCUT2D eigenvalue weighted by Crippen LogP contribution is 2.50. The van der Waals surface area contributed by atoms with Crippen molar-refractivity contribution in [3.8, 4) is 5.75 Å². The number of nitrogens with one attached hydrogen (secondary N) is 3. The number of carbonyl (C=O) groups excluding carboxylic acids is 2. The molecular weight excluding hydrogens is 409 g/mol. The zero-order chi connectivity index (χ0) is 21.4. The Morgan fingerprint density at radius 3 is 2.63 bits per heavy atom. The maximum Gasteiger partial charge on any atom is 0.258 e. The van der Waals surface area contributed by atoms with E-state index in [0.717, 1.165) is 32.1 Å². The van der Waals surface area contributed by atoms with Gasteiger partial charge in [0.25, 0.3) is 11.8 Å². The average molecular weight is 434 g/mol. The minimum atomic E-state index is -0.584. The Labute approximate surface area is 179 Å². The first-order valence-electron chi connectivity index (χ1n) is 10.2. The van der Waals surface area contributed by atoms with Crippen molar-refractivity contribution in [1.29, 1.82) is 0 Å². The lowest BCUT2D eigenvalue weighted by molar-refractivity contribution is -0.127. The van der Waals surface area contributed by atoms with Gasteiger partial charge in [-0.15, -0.1) is 0 Å². The third kappa shape index (κ3) is 4.03. The van der Waals surface area contributed by atoms with Crippen LogP contribution in [0.4, 0.5) is 4.39 Å². The molecule has 2 aromatic rings. The van der Waals surface area contributed by atoms with E-state index in [1.165, 1.54) is 18.2 Å². The molecule has 30 heavy (non-hydrogen) atoms. The van der Waals surface area contributed by atoms with Crippen molar-refractivity contribution in [3.05, 3.63) is 53.1 Å². The van der Waals surface area contributed by atoms with Gasteiger partial charge in [-0.25, -0.2) is 4.39 Å². The normalized spacial score (nSPS) is 27.5. The lowest BCUT2D eigenvalue weighted by Gasteiger charge is -2.57. The van der Waals surface area contributed by atoms with Gasteiger partial charge < -0.3 is 20.4 Å². The van der Waals surface area contributed by atoms with Crippen molar-refractivity contribution in [2.24, 2.45) is 5.92 Å². The number of aromatic nitrogens is 1. The van der Waals surface area contributed by atoms with Crippen LogP contribution in [0.5, 0.6) is 5.75 Å². The molecule has 3 saturated carbocycles. The van der Waals surface area contributed by atoms with Crippen molar-refractivity contribution in [2.75, 3.05) is 6.61 Å². The van der Waals surface area contributed by atoms with E-state index in [4.69, 9.17) is 16.3 Å². The molecule has 0 aliphatic heterocycles. The van der Waals surface area contributed by atoms with Crippen molar-refractivity contribution < 1.29 is 18.7 Å². The average Bonchev–Trinajstić information content (AvgIpc) is 3.25. The summed E-state index contributed by atoms with van der Waals surface area (Å²) in [5, 5.41) is 6.41. The van der Waals surface area contributed by atoms with E-state index in [9.17, 15) is 14.0 Å². The van der Waals surface area contributed by atoms with Crippen molar-refractivity contribution >= 4 is 23.4 Å². The summed E-state index contributed by atoms with van der Waals surface area (Å²) in [5.74, 6) is -0.390. The largest absolute Gasteiger partial charge is 0.484 e. The highest BCUT2D eigenvalue weighted by atomic mass is 35.5. The van der Waals surface area contributed by atoms with E-state index < -0.39 is 5.82 Å². The highest BCUT2D eigenvalue weighted by Gasteiger charge is 2.54. The van der Waals surface area contributed by atoms with E-state index in [-0.39, 0.29) is 46.2 Å². The number of amides is 2. The summed E-state index contributed by atoms with van der Waals surface area (Å²) in [5.41, 5.74) is 0.104. The molecule has 3 fully saturated rings. The van der Waals surface area contributed by atoms with E-state index >= 15 is 0 Å². The molecule has 2 bridgehead atoms. The zero-order valence-electron chi connectivity index (χ0n) is 16.8. The number of halogens is 2. The second-order valence-corrected chi connectivity index (χ2v) is 8.92. The highest BCUT2D eigenvalue weighted by molar-refractivity contribution is 6.30. The molecule has 0 spiro atoms. The van der Waals surface area contributed by atoms with Crippen LogP contribution in [0.3, 0.4) is 0 Å². The van der Waals surface area contributed by atoms with Gasteiger partial charge in [0.2, 0.25) is 0 Å². The van der Waals surface area contributed by atoms with Gasteiger partial charge in [-0.2, -0.15) is 0 Å². The fourth-order valence-corrected chi connectivity index (χ4v) is 5.01. The van der Waals surface area contributed by atoms with Crippen LogP contribution < -0.4 is 15.4 Å². The number of H-pyrrole nitrogens is 1. The van der Waals surface area contributed by atoms with Crippen LogP contribution in [0.1, 0.15) is 49.4 Å². The smallest absolute Gasteiger partial charge is 0.258 e. The lowest BCUT2D eigenvalue weighted by Crippen LogP contribution is -2.67. The number of ether oxygens (including phenoxy) is 1. The van der Waals surface area contributed by atoms with Crippen LogP contribution >= 0.6 is 11.6 Å². The maximum atomic E-state index is 13.5. The summed E-state index contributed by atoms with van der Waals surface area (Å²) in [6.45, 7) is 1.94. The fraction of sp³-hybridized carbons (Fsp3) is 0.455. The zero-order valence-corrected chi connectivity index (χ0v) is 17.5. The molecule has 0 radical (unpaired) electrons. The Hall–Kier alpha value is -2.54. The lowest BCUT2D eigenvalue weighted by atomic mass is 9.56. The Morgan fingerprint density at radius 1 is 1.23 bits per heavy atom. The van der Waals surface area contributed by atoms with Crippen molar-refractivity contribution in [2.45, 2.75) is 50.1 Å². The Kier molecular flexibility index (Phi) is 5.49. The number of fused-ring (bicyclic) bond motifs is 3. The SMILES string of the molecule is CC1CC2(NC(=O)COc3ccc(Cl)c(F)c3)CCC1(NC(=O)c1cc[nH]c1)CC2. The van der Waals surface area contributed by atoms with Crippen LogP contribution in [0.15, 0.2) is 36.7 Å². The Morgan fingerprint density at radius 2 is 2.00 bits per heavy atom. The van der Waals surface area contributed by atoms with E-state index in [0.29, 0.717) is 5.56 Å². The molecule has 1 aromatic carbocycles. The summed E-state index contributed by atoms with van der Waals surface area (Å²) in [6, 6.07) is 5.86. The quantitative estimate of drug-likeness (QED) is 0.647. The maximum absolute atomic E-state index is 13.5. The number of hydrogen-bond acceptors (Lipinski definition) is 3. The fourth-order valence-electron chi connectivity index (χ4n) is 4.89. The minimum Gasteiger partial charge on any atom is -0.484 e. The number of rotatable bonds is 6. The molecule has 3 aliphatic rings. The number of aromatic amines is 1. The van der Waals surface area contributed by atoms with Gasteiger partial charge in [0, 0.05) is 29.5 Å². The molecule has 1 unspecified atom stereocenters. The van der Waals surface area contributed by atoms with Crippen LogP contribution in [0.25, 0.3) is 0 Å². The van der Waals surface area contributed by atoms with Gasteiger partial charge >= 0.3 is 0 Å². The summed E-state index contributed by atoms with van der Waals surface area (Å²) in [6.07, 6.45) is 7.44. The molecule has 3 aliphatic carbocycles. The summed E-state index contributed by atoms with van der Waals surface area (Å²) >= 11 is 5.66. The standard InChI is InChI=1S/C22H25ClFN3O3/c1-14-11-21(26-19(28)13-30-16-2-3-17(23)18(24)10-16)5-7-22(14,8-6-21)27-20(29)15-4-9-25-12-15/h2-4,9-10,12,14,25H,5-8,11,13H2,1H3,(H,26,28)(H,27,29). The third-order valence-electron chi connectivity index (χ3n) is 6.63. The topological polar surface area (TPSA) is 83.2 Å². The van der Waals surface area contributed by atoms with E-state index in [1.807, 2.05) is 0 Å². The number of benzene rings is 1. The van der Waals surface area contributed by atoms with Crippen LogP contribution in [-0.4, -0.2) is 34.5 Å². The summed E-state index contributed by atoms with van der Waals surface area (Å²) < 4.78 is 18.9. The minimum absolute atomic E-state index is 0.0103. The van der Waals surface area contributed by atoms with Crippen LogP contribution in [0.2, 0.25) is 5.02 Å². The molecule has 6 nitrogen and oxygen atoms in total. The van der Waals surface area contributed by atoms with Crippen molar-refractivity contribution in [1.82, 2.24) is 15.6 Å². The van der Waals surface area contributed by atoms with Gasteiger partial charge in [0.1, 0.15) is 11.6 Å². The number of carbonyl (C=O) groups is 2. The molecule has 2 amide bonds. The first kappa shape index (κ1) is 20.7. The molecule has 160 valence electrons. The molecule has 3 N–H and O–H groups in total. The third-order valence-corrected chi connectivity index (χ3v) is 6.93. The second kappa shape index (κ2) is 7.95. The summed E-state index contributed by atoms with van der Waals surface area (Å²) in [7, 11) is 0. The monoisotopic (exact) mass is 433 g/mol.